The van der Waals surface area contributed by atoms with Crippen LogP contribution in [0.15, 0.2) is 18.3 Å². The molecule has 1 heterocycles. The van der Waals surface area contributed by atoms with Gasteiger partial charge in [0, 0.05) is 24.5 Å². The third-order valence-corrected chi connectivity index (χ3v) is 3.14. The van der Waals surface area contributed by atoms with Crippen LogP contribution in [0.1, 0.15) is 46.5 Å². The van der Waals surface area contributed by atoms with Crippen molar-refractivity contribution in [2.75, 3.05) is 17.3 Å². The van der Waals surface area contributed by atoms with Crippen LogP contribution in [-0.2, 0) is 0 Å². The SMILES string of the molecule is CCCCCC(C)(C)CNc1ccnc(NN)c1. The molecule has 0 unspecified atom stereocenters. The second-order valence-electron chi connectivity index (χ2n) is 5.55. The van der Waals surface area contributed by atoms with Crippen LogP contribution in [0.5, 0.6) is 0 Å². The van der Waals surface area contributed by atoms with Crippen molar-refractivity contribution in [3.8, 4) is 0 Å². The van der Waals surface area contributed by atoms with E-state index >= 15 is 0 Å². The van der Waals surface area contributed by atoms with Gasteiger partial charge in [-0.1, -0.05) is 40.0 Å². The highest BCUT2D eigenvalue weighted by Crippen LogP contribution is 2.24. The molecule has 1 rings (SSSR count). The Morgan fingerprint density at radius 1 is 1.33 bits per heavy atom. The minimum atomic E-state index is 0.314. The Kier molecular flexibility index (Phi) is 5.92. The molecule has 4 nitrogen and oxygen atoms in total. The lowest BCUT2D eigenvalue weighted by Crippen LogP contribution is -2.23. The zero-order valence-electron chi connectivity index (χ0n) is 11.8. The average Bonchev–Trinajstić information content (AvgIpc) is 2.37. The lowest BCUT2D eigenvalue weighted by molar-refractivity contribution is 0.342. The Labute approximate surface area is 110 Å². The molecule has 0 aliphatic carbocycles. The molecule has 0 atom stereocenters. The van der Waals surface area contributed by atoms with Crippen LogP contribution in [0.25, 0.3) is 0 Å². The van der Waals surface area contributed by atoms with Gasteiger partial charge in [0.1, 0.15) is 5.82 Å². The molecule has 1 aromatic rings. The van der Waals surface area contributed by atoms with E-state index in [1.807, 2.05) is 12.1 Å². The number of rotatable bonds is 8. The van der Waals surface area contributed by atoms with Crippen molar-refractivity contribution in [3.05, 3.63) is 18.3 Å². The van der Waals surface area contributed by atoms with E-state index in [2.05, 4.69) is 36.5 Å². The van der Waals surface area contributed by atoms with Crippen LogP contribution >= 0.6 is 0 Å². The number of nitrogens with zero attached hydrogens (tertiary/aromatic N) is 1. The maximum atomic E-state index is 5.34. The zero-order valence-corrected chi connectivity index (χ0v) is 11.8. The first kappa shape index (κ1) is 14.8. The van der Waals surface area contributed by atoms with Crippen LogP contribution in [0.2, 0.25) is 0 Å². The van der Waals surface area contributed by atoms with E-state index < -0.39 is 0 Å². The third kappa shape index (κ3) is 5.36. The highest BCUT2D eigenvalue weighted by atomic mass is 15.2. The predicted octanol–water partition coefficient (Wildman–Crippen LogP) is 3.39. The summed E-state index contributed by atoms with van der Waals surface area (Å²) >= 11 is 0. The standard InChI is InChI=1S/C14H26N4/c1-4-5-6-8-14(2,3)11-17-12-7-9-16-13(10-12)18-15/h7,9-10H,4-6,8,11,15H2,1-3H3,(H2,16,17,18). The maximum absolute atomic E-state index is 5.34. The van der Waals surface area contributed by atoms with Gasteiger partial charge < -0.3 is 10.7 Å². The third-order valence-electron chi connectivity index (χ3n) is 3.14. The van der Waals surface area contributed by atoms with Gasteiger partial charge in [-0.15, -0.1) is 0 Å². The number of pyridine rings is 1. The second-order valence-corrected chi connectivity index (χ2v) is 5.55. The van der Waals surface area contributed by atoms with Gasteiger partial charge in [0.05, 0.1) is 0 Å². The lowest BCUT2D eigenvalue weighted by atomic mass is 9.87. The molecule has 4 N–H and O–H groups in total. The van der Waals surface area contributed by atoms with E-state index in [1.165, 1.54) is 25.7 Å². The van der Waals surface area contributed by atoms with Crippen molar-refractivity contribution in [2.24, 2.45) is 11.3 Å². The minimum Gasteiger partial charge on any atom is -0.384 e. The molecule has 0 saturated carbocycles. The first-order valence-corrected chi connectivity index (χ1v) is 6.74. The van der Waals surface area contributed by atoms with Crippen LogP contribution in [0.4, 0.5) is 11.5 Å². The first-order valence-electron chi connectivity index (χ1n) is 6.74. The van der Waals surface area contributed by atoms with E-state index in [-0.39, 0.29) is 0 Å². The summed E-state index contributed by atoms with van der Waals surface area (Å²) in [6, 6.07) is 3.88. The normalized spacial score (nSPS) is 11.3. The molecule has 0 amide bonds. The topological polar surface area (TPSA) is 63.0 Å². The van der Waals surface area contributed by atoms with Gasteiger partial charge in [0.15, 0.2) is 0 Å². The predicted molar refractivity (Wildman–Crippen MR) is 78.5 cm³/mol. The Morgan fingerprint density at radius 2 is 2.11 bits per heavy atom. The Morgan fingerprint density at radius 3 is 2.78 bits per heavy atom. The molecule has 102 valence electrons. The first-order chi connectivity index (χ1) is 8.57. The van der Waals surface area contributed by atoms with E-state index in [0.29, 0.717) is 11.2 Å². The van der Waals surface area contributed by atoms with Crippen molar-refractivity contribution in [2.45, 2.75) is 46.5 Å². The fourth-order valence-corrected chi connectivity index (χ4v) is 1.90. The minimum absolute atomic E-state index is 0.314. The smallest absolute Gasteiger partial charge is 0.141 e. The van der Waals surface area contributed by atoms with Crippen molar-refractivity contribution >= 4 is 11.5 Å². The molecule has 18 heavy (non-hydrogen) atoms. The summed E-state index contributed by atoms with van der Waals surface area (Å²) in [4.78, 5) is 4.09. The molecule has 4 heteroatoms. The summed E-state index contributed by atoms with van der Waals surface area (Å²) in [6.45, 7) is 7.81. The van der Waals surface area contributed by atoms with Gasteiger partial charge in [-0.3, -0.25) is 0 Å². The fourth-order valence-electron chi connectivity index (χ4n) is 1.90. The fraction of sp³-hybridized carbons (Fsp3) is 0.643. The van der Waals surface area contributed by atoms with Gasteiger partial charge in [-0.05, 0) is 17.9 Å². The van der Waals surface area contributed by atoms with Crippen molar-refractivity contribution < 1.29 is 0 Å². The van der Waals surface area contributed by atoms with E-state index in [0.717, 1.165) is 12.2 Å². The second kappa shape index (κ2) is 7.21. The molecule has 0 fully saturated rings. The highest BCUT2D eigenvalue weighted by molar-refractivity contribution is 5.51. The molecular formula is C14H26N4. The summed E-state index contributed by atoms with van der Waals surface area (Å²) < 4.78 is 0. The average molecular weight is 250 g/mol. The van der Waals surface area contributed by atoms with Crippen molar-refractivity contribution in [3.63, 3.8) is 0 Å². The number of aromatic nitrogens is 1. The zero-order chi connectivity index (χ0) is 13.4. The molecule has 0 saturated heterocycles. The molecule has 0 bridgehead atoms. The summed E-state index contributed by atoms with van der Waals surface area (Å²) in [5.41, 5.74) is 3.93. The lowest BCUT2D eigenvalue weighted by Gasteiger charge is -2.25. The van der Waals surface area contributed by atoms with Crippen LogP contribution in [0.3, 0.4) is 0 Å². The van der Waals surface area contributed by atoms with E-state index in [9.17, 15) is 0 Å². The molecule has 0 aliphatic heterocycles. The van der Waals surface area contributed by atoms with Gasteiger partial charge in [0.25, 0.3) is 0 Å². The highest BCUT2D eigenvalue weighted by Gasteiger charge is 2.16. The van der Waals surface area contributed by atoms with E-state index in [1.54, 1.807) is 6.20 Å². The number of hydrogen-bond donors (Lipinski definition) is 3. The molecule has 0 aliphatic rings. The molecule has 0 aromatic carbocycles. The van der Waals surface area contributed by atoms with Gasteiger partial charge in [0.2, 0.25) is 0 Å². The van der Waals surface area contributed by atoms with Crippen molar-refractivity contribution in [1.29, 1.82) is 0 Å². The number of nitrogens with two attached hydrogens (primary N) is 1. The number of anilines is 2. The van der Waals surface area contributed by atoms with Crippen LogP contribution in [0, 0.1) is 5.41 Å². The largest absolute Gasteiger partial charge is 0.384 e. The van der Waals surface area contributed by atoms with Gasteiger partial charge in [-0.25, -0.2) is 10.8 Å². The summed E-state index contributed by atoms with van der Waals surface area (Å²) in [7, 11) is 0. The van der Waals surface area contributed by atoms with Crippen LogP contribution < -0.4 is 16.6 Å². The number of hydrazine groups is 1. The summed E-state index contributed by atoms with van der Waals surface area (Å²) in [5, 5.41) is 3.45. The number of unbranched alkanes of at least 4 members (excludes halogenated alkanes) is 2. The number of nitrogen functional groups attached to an aromatic ring is 1. The summed E-state index contributed by atoms with van der Waals surface area (Å²) in [5.74, 6) is 6.03. The van der Waals surface area contributed by atoms with Gasteiger partial charge >= 0.3 is 0 Å². The number of hydrogen-bond acceptors (Lipinski definition) is 4. The molecule has 0 spiro atoms. The Hall–Kier alpha value is -1.29. The summed E-state index contributed by atoms with van der Waals surface area (Å²) in [6.07, 6.45) is 6.90. The Balaban J connectivity index is 2.42. The quantitative estimate of drug-likeness (QED) is 0.376. The number of nitrogens with one attached hydrogen (secondary N) is 2. The molecular weight excluding hydrogens is 224 g/mol. The van der Waals surface area contributed by atoms with Gasteiger partial charge in [-0.2, -0.15) is 0 Å². The Bertz CT molecular complexity index is 349. The maximum Gasteiger partial charge on any atom is 0.141 e. The van der Waals surface area contributed by atoms with Crippen LogP contribution in [-0.4, -0.2) is 11.5 Å². The molecule has 0 radical (unpaired) electrons. The van der Waals surface area contributed by atoms with E-state index in [4.69, 9.17) is 5.84 Å². The monoisotopic (exact) mass is 250 g/mol. The van der Waals surface area contributed by atoms with Crippen molar-refractivity contribution in [1.82, 2.24) is 4.98 Å². The molecule has 1 aromatic heterocycles.